The highest BCUT2D eigenvalue weighted by Gasteiger charge is 2.45. The van der Waals surface area contributed by atoms with Gasteiger partial charge in [-0.05, 0) is 48.2 Å². The number of hydrogen-bond donors (Lipinski definition) is 1. The Morgan fingerprint density at radius 3 is 2.06 bits per heavy atom. The molecule has 164 valence electrons. The van der Waals surface area contributed by atoms with E-state index in [9.17, 15) is 23.5 Å². The number of halogens is 2. The van der Waals surface area contributed by atoms with E-state index in [1.807, 2.05) is 5.01 Å². The van der Waals surface area contributed by atoms with Crippen molar-refractivity contribution in [3.8, 4) is 5.75 Å². The molecule has 1 aromatic heterocycles. The lowest BCUT2D eigenvalue weighted by Gasteiger charge is -2.49. The normalized spacial score (nSPS) is 18.5. The van der Waals surface area contributed by atoms with E-state index >= 15 is 0 Å². The maximum Gasteiger partial charge on any atom is 0.290 e. The highest BCUT2D eigenvalue weighted by atomic mass is 19.1. The van der Waals surface area contributed by atoms with Crippen molar-refractivity contribution in [3.05, 3.63) is 93.4 Å². The molecule has 9 heteroatoms. The molecule has 3 heterocycles. The number of nitrogens with zero attached hydrogens (tertiary/aromatic N) is 4. The Kier molecular flexibility index (Phi) is 4.97. The van der Waals surface area contributed by atoms with E-state index < -0.39 is 40.8 Å². The molecular formula is C23H20F2N4O3. The molecule has 5 rings (SSSR count). The average Bonchev–Trinajstić information content (AvgIpc) is 2.80. The van der Waals surface area contributed by atoms with E-state index in [4.69, 9.17) is 0 Å². The lowest BCUT2D eigenvalue weighted by Crippen LogP contribution is -2.59. The third kappa shape index (κ3) is 3.25. The Labute approximate surface area is 182 Å². The van der Waals surface area contributed by atoms with Crippen LogP contribution in [0.1, 0.15) is 46.5 Å². The summed E-state index contributed by atoms with van der Waals surface area (Å²) in [6.07, 6.45) is 1.94. The van der Waals surface area contributed by atoms with Crippen molar-refractivity contribution in [2.24, 2.45) is 0 Å². The molecular weight excluding hydrogens is 418 g/mol. The number of hydrazine groups is 1. The third-order valence-corrected chi connectivity index (χ3v) is 6.05. The molecule has 1 N–H and O–H groups in total. The number of rotatable bonds is 3. The summed E-state index contributed by atoms with van der Waals surface area (Å²) in [4.78, 5) is 25.3. The van der Waals surface area contributed by atoms with Crippen LogP contribution in [0, 0.1) is 11.6 Å². The van der Waals surface area contributed by atoms with Crippen LogP contribution in [0.25, 0.3) is 0 Å². The van der Waals surface area contributed by atoms with E-state index in [2.05, 4.69) is 5.10 Å². The molecule has 7 nitrogen and oxygen atoms in total. The number of amides is 1. The Morgan fingerprint density at radius 1 is 0.906 bits per heavy atom. The first-order valence-electron chi connectivity index (χ1n) is 10.4. The van der Waals surface area contributed by atoms with Gasteiger partial charge in [-0.3, -0.25) is 14.6 Å². The van der Waals surface area contributed by atoms with Crippen molar-refractivity contribution >= 4 is 5.91 Å². The van der Waals surface area contributed by atoms with E-state index in [0.717, 1.165) is 19.0 Å². The van der Waals surface area contributed by atoms with Crippen LogP contribution in [0.3, 0.4) is 0 Å². The molecule has 0 aliphatic carbocycles. The minimum Gasteiger partial charge on any atom is -0.502 e. The summed E-state index contributed by atoms with van der Waals surface area (Å²) < 4.78 is 28.8. The van der Waals surface area contributed by atoms with Crippen LogP contribution in [-0.4, -0.2) is 43.9 Å². The van der Waals surface area contributed by atoms with Gasteiger partial charge in [-0.2, -0.15) is 10.1 Å². The Balaban J connectivity index is 1.77. The van der Waals surface area contributed by atoms with E-state index in [1.54, 1.807) is 24.3 Å². The SMILES string of the molecule is O=C1c2c(O)c(=O)cnn2[C@@H](C(c2ccc(F)cc2)c2ccc(F)cc2)N2CCCCN12. The molecule has 32 heavy (non-hydrogen) atoms. The highest BCUT2D eigenvalue weighted by Crippen LogP contribution is 2.43. The zero-order valence-corrected chi connectivity index (χ0v) is 17.0. The first-order valence-corrected chi connectivity index (χ1v) is 10.4. The minimum absolute atomic E-state index is 0.185. The maximum atomic E-state index is 13.7. The van der Waals surface area contributed by atoms with Gasteiger partial charge >= 0.3 is 0 Å². The van der Waals surface area contributed by atoms with Crippen LogP contribution < -0.4 is 5.43 Å². The van der Waals surface area contributed by atoms with E-state index in [-0.39, 0.29) is 5.69 Å². The molecule has 0 saturated carbocycles. The zero-order chi connectivity index (χ0) is 22.4. The molecule has 0 unspecified atom stereocenters. The van der Waals surface area contributed by atoms with Crippen LogP contribution in [0.5, 0.6) is 5.75 Å². The summed E-state index contributed by atoms with van der Waals surface area (Å²) in [6.45, 7) is 0.973. The summed E-state index contributed by atoms with van der Waals surface area (Å²) in [6, 6.07) is 11.9. The molecule has 2 aliphatic rings. The van der Waals surface area contributed by atoms with Gasteiger partial charge in [0, 0.05) is 19.0 Å². The van der Waals surface area contributed by atoms with Crippen LogP contribution in [0.2, 0.25) is 0 Å². The molecule has 0 spiro atoms. The number of carbonyl (C=O) groups is 1. The van der Waals surface area contributed by atoms with Crippen molar-refractivity contribution in [3.63, 3.8) is 0 Å². The fourth-order valence-electron chi connectivity index (χ4n) is 4.58. The van der Waals surface area contributed by atoms with Gasteiger partial charge < -0.3 is 5.11 Å². The molecule has 1 fully saturated rings. The molecule has 2 aromatic carbocycles. The second-order valence-electron chi connectivity index (χ2n) is 7.94. The molecule has 0 radical (unpaired) electrons. The van der Waals surface area contributed by atoms with Gasteiger partial charge in [-0.25, -0.2) is 13.5 Å². The van der Waals surface area contributed by atoms with Gasteiger partial charge in [0.1, 0.15) is 17.8 Å². The number of aromatic nitrogens is 2. The van der Waals surface area contributed by atoms with Crippen molar-refractivity contribution < 1.29 is 18.7 Å². The lowest BCUT2D eigenvalue weighted by molar-refractivity contribution is -0.103. The van der Waals surface area contributed by atoms with Gasteiger partial charge in [0.2, 0.25) is 5.43 Å². The smallest absolute Gasteiger partial charge is 0.290 e. The van der Waals surface area contributed by atoms with Crippen LogP contribution >= 0.6 is 0 Å². The Bertz CT molecular complexity index is 1180. The summed E-state index contributed by atoms with van der Waals surface area (Å²) in [7, 11) is 0. The first-order chi connectivity index (χ1) is 15.5. The van der Waals surface area contributed by atoms with Crippen LogP contribution in [0.15, 0.2) is 59.5 Å². The zero-order valence-electron chi connectivity index (χ0n) is 17.0. The van der Waals surface area contributed by atoms with Gasteiger partial charge in [0.15, 0.2) is 11.4 Å². The molecule has 1 saturated heterocycles. The largest absolute Gasteiger partial charge is 0.502 e. The van der Waals surface area contributed by atoms with Crippen molar-refractivity contribution in [1.29, 1.82) is 0 Å². The summed E-state index contributed by atoms with van der Waals surface area (Å²) in [5.41, 5.74) is 0.506. The van der Waals surface area contributed by atoms with Crippen molar-refractivity contribution in [1.82, 2.24) is 19.8 Å². The molecule has 1 amide bonds. The van der Waals surface area contributed by atoms with E-state index in [0.29, 0.717) is 24.2 Å². The molecule has 0 bridgehead atoms. The number of carbonyl (C=O) groups excluding carboxylic acids is 1. The quantitative estimate of drug-likeness (QED) is 0.680. The van der Waals surface area contributed by atoms with Crippen molar-refractivity contribution in [2.45, 2.75) is 24.9 Å². The summed E-state index contributed by atoms with van der Waals surface area (Å²) in [5, 5.41) is 18.1. The van der Waals surface area contributed by atoms with Gasteiger partial charge in [0.25, 0.3) is 5.91 Å². The van der Waals surface area contributed by atoms with Crippen molar-refractivity contribution in [2.75, 3.05) is 13.1 Å². The molecule has 2 aliphatic heterocycles. The standard InChI is InChI=1S/C23H20F2N4O3/c24-16-7-3-14(4-8-16)19(15-5-9-17(25)10-6-15)22-27-11-1-2-12-28(27)23(32)20-21(31)18(30)13-26-29(20)22/h3-10,13,19,22,31H,1-2,11-12H2/t22-/m0/s1. The molecule has 1 atom stereocenters. The third-order valence-electron chi connectivity index (χ3n) is 6.05. The van der Waals surface area contributed by atoms with Crippen LogP contribution in [-0.2, 0) is 0 Å². The lowest BCUT2D eigenvalue weighted by atomic mass is 9.87. The monoisotopic (exact) mass is 438 g/mol. The van der Waals surface area contributed by atoms with Gasteiger partial charge in [0.05, 0.1) is 6.20 Å². The second-order valence-corrected chi connectivity index (χ2v) is 7.94. The van der Waals surface area contributed by atoms with Gasteiger partial charge in [-0.1, -0.05) is 24.3 Å². The first kappa shape index (κ1) is 20.3. The highest BCUT2D eigenvalue weighted by molar-refractivity contribution is 5.95. The summed E-state index contributed by atoms with van der Waals surface area (Å²) in [5.74, 6) is -2.45. The van der Waals surface area contributed by atoms with Crippen LogP contribution in [0.4, 0.5) is 8.78 Å². The Morgan fingerprint density at radius 2 is 1.47 bits per heavy atom. The average molecular weight is 438 g/mol. The minimum atomic E-state index is -0.742. The number of aromatic hydroxyl groups is 1. The van der Waals surface area contributed by atoms with E-state index in [1.165, 1.54) is 34.0 Å². The summed E-state index contributed by atoms with van der Waals surface area (Å²) >= 11 is 0. The predicted octanol–water partition coefficient (Wildman–Crippen LogP) is 3.02. The topological polar surface area (TPSA) is 78.7 Å². The number of hydrogen-bond acceptors (Lipinski definition) is 5. The number of benzene rings is 2. The fraction of sp³-hybridized carbons (Fsp3) is 0.261. The maximum absolute atomic E-state index is 13.7. The number of fused-ring (bicyclic) bond motifs is 2. The predicted molar refractivity (Wildman–Crippen MR) is 111 cm³/mol. The second kappa shape index (κ2) is 7.83. The Hall–Kier alpha value is -3.59. The van der Waals surface area contributed by atoms with Gasteiger partial charge in [-0.15, -0.1) is 0 Å². The molecule has 3 aromatic rings. The fourth-order valence-corrected chi connectivity index (χ4v) is 4.58.